The minimum absolute atomic E-state index is 0.244. The molecule has 10 heavy (non-hydrogen) atoms. The fraction of sp³-hybridized carbons (Fsp3) is 0.714. The second kappa shape index (κ2) is 8.92. The summed E-state index contributed by atoms with van der Waals surface area (Å²) in [5.41, 5.74) is 0. The summed E-state index contributed by atoms with van der Waals surface area (Å²) in [4.78, 5) is 0. The van der Waals surface area contributed by atoms with Gasteiger partial charge in [0.15, 0.2) is 0 Å². The summed E-state index contributed by atoms with van der Waals surface area (Å²) in [6.07, 6.45) is 4.39. The van der Waals surface area contributed by atoms with Crippen LogP contribution in [0.1, 0.15) is 6.42 Å². The van der Waals surface area contributed by atoms with Crippen LogP contribution in [0.5, 0.6) is 0 Å². The first-order valence-corrected chi connectivity index (χ1v) is 3.93. The van der Waals surface area contributed by atoms with Crippen LogP contribution in [-0.2, 0) is 0 Å². The van der Waals surface area contributed by atoms with Crippen molar-refractivity contribution in [2.75, 3.05) is 25.6 Å². The van der Waals surface area contributed by atoms with Crippen LogP contribution in [0.2, 0.25) is 0 Å². The quantitative estimate of drug-likeness (QED) is 0.359. The molecule has 0 radical (unpaired) electrons. The molecular weight excluding hydrogens is 153 g/mol. The Morgan fingerprint density at radius 2 is 2.20 bits per heavy atom. The normalized spacial score (nSPS) is 11.0. The molecule has 0 saturated carbocycles. The number of hydrogen-bond acceptors (Lipinski definition) is 1. The van der Waals surface area contributed by atoms with E-state index in [9.17, 15) is 4.39 Å². The van der Waals surface area contributed by atoms with Gasteiger partial charge in [-0.1, -0.05) is 12.2 Å². The highest BCUT2D eigenvalue weighted by Gasteiger charge is 1.82. The van der Waals surface area contributed by atoms with Crippen molar-refractivity contribution in [3.8, 4) is 0 Å². The van der Waals surface area contributed by atoms with E-state index in [1.54, 1.807) is 0 Å². The third kappa shape index (κ3) is 7.92. The van der Waals surface area contributed by atoms with Gasteiger partial charge >= 0.3 is 0 Å². The maximum Gasteiger partial charge on any atom is 0.0906 e. The second-order valence-electron chi connectivity index (χ2n) is 1.87. The fourth-order valence-electron chi connectivity index (χ4n) is 0.524. The van der Waals surface area contributed by atoms with E-state index >= 15 is 0 Å². The minimum atomic E-state index is -0.244. The van der Waals surface area contributed by atoms with Crippen LogP contribution in [0.4, 0.5) is 4.39 Å². The average molecular weight is 166 g/mol. The molecular formula is C7H13ClFN. The van der Waals surface area contributed by atoms with Gasteiger partial charge in [-0.3, -0.25) is 4.39 Å². The first-order valence-electron chi connectivity index (χ1n) is 3.39. The lowest BCUT2D eigenvalue weighted by Crippen LogP contribution is -2.15. The van der Waals surface area contributed by atoms with Crippen LogP contribution in [0.15, 0.2) is 12.2 Å². The highest BCUT2D eigenvalue weighted by Crippen LogP contribution is 1.78. The van der Waals surface area contributed by atoms with E-state index in [0.29, 0.717) is 12.3 Å². The molecule has 0 unspecified atom stereocenters. The summed E-state index contributed by atoms with van der Waals surface area (Å²) >= 11 is 5.37. The number of rotatable bonds is 6. The molecule has 0 bridgehead atoms. The molecule has 0 spiro atoms. The van der Waals surface area contributed by atoms with E-state index in [-0.39, 0.29) is 6.67 Å². The largest absolute Gasteiger partial charge is 0.313 e. The van der Waals surface area contributed by atoms with Gasteiger partial charge in [0.25, 0.3) is 0 Å². The molecule has 1 N–H and O–H groups in total. The van der Waals surface area contributed by atoms with Crippen molar-refractivity contribution in [1.82, 2.24) is 5.32 Å². The Balaban J connectivity index is 2.83. The molecule has 0 aromatic carbocycles. The standard InChI is InChI=1S/C7H13ClFN/c8-4-1-2-6-10-7-3-5-9/h1-2,10H,3-7H2/b2-1+. The average Bonchev–Trinajstić information content (AvgIpc) is 1.97. The number of nitrogens with one attached hydrogen (secondary N) is 1. The molecule has 0 atom stereocenters. The maximum absolute atomic E-state index is 11.5. The Labute approximate surface area is 66.3 Å². The number of allylic oxidation sites excluding steroid dienone is 1. The molecule has 60 valence electrons. The molecule has 1 nitrogen and oxygen atoms in total. The summed E-state index contributed by atoms with van der Waals surface area (Å²) in [6, 6.07) is 0. The van der Waals surface area contributed by atoms with E-state index in [2.05, 4.69) is 5.32 Å². The third-order valence-electron chi connectivity index (χ3n) is 1.01. The molecule has 0 fully saturated rings. The second-order valence-corrected chi connectivity index (χ2v) is 2.18. The Morgan fingerprint density at radius 3 is 2.80 bits per heavy atom. The van der Waals surface area contributed by atoms with Crippen molar-refractivity contribution < 1.29 is 4.39 Å². The summed E-state index contributed by atoms with van der Waals surface area (Å²) < 4.78 is 11.5. The van der Waals surface area contributed by atoms with Gasteiger partial charge in [-0.2, -0.15) is 0 Å². The zero-order valence-corrected chi connectivity index (χ0v) is 6.70. The Hall–Kier alpha value is -0.0800. The van der Waals surface area contributed by atoms with E-state index < -0.39 is 0 Å². The first kappa shape index (κ1) is 9.92. The molecule has 0 rings (SSSR count). The molecule has 0 aliphatic heterocycles. The summed E-state index contributed by atoms with van der Waals surface area (Å²) in [6.45, 7) is 1.28. The Kier molecular flexibility index (Phi) is 8.85. The van der Waals surface area contributed by atoms with Crippen LogP contribution >= 0.6 is 11.6 Å². The van der Waals surface area contributed by atoms with Gasteiger partial charge in [0.1, 0.15) is 0 Å². The van der Waals surface area contributed by atoms with Crippen molar-refractivity contribution in [3.05, 3.63) is 12.2 Å². The summed E-state index contributed by atoms with van der Waals surface area (Å²) in [5, 5.41) is 3.04. The van der Waals surface area contributed by atoms with Crippen molar-refractivity contribution >= 4 is 11.6 Å². The zero-order chi connectivity index (χ0) is 7.66. The lowest BCUT2D eigenvalue weighted by Gasteiger charge is -1.95. The van der Waals surface area contributed by atoms with E-state index in [1.807, 2.05) is 12.2 Å². The van der Waals surface area contributed by atoms with Gasteiger partial charge in [-0.05, 0) is 13.0 Å². The lowest BCUT2D eigenvalue weighted by atomic mass is 10.4. The van der Waals surface area contributed by atoms with Crippen LogP contribution in [0.3, 0.4) is 0 Å². The molecule has 0 aromatic heterocycles. The van der Waals surface area contributed by atoms with Gasteiger partial charge in [0.2, 0.25) is 0 Å². The molecule has 0 saturated heterocycles. The molecule has 0 aliphatic carbocycles. The minimum Gasteiger partial charge on any atom is -0.313 e. The van der Waals surface area contributed by atoms with Crippen LogP contribution in [0.25, 0.3) is 0 Å². The summed E-state index contributed by atoms with van der Waals surface area (Å²) in [7, 11) is 0. The Bertz CT molecular complexity index is 85.7. The number of hydrogen-bond donors (Lipinski definition) is 1. The molecule has 0 heterocycles. The first-order chi connectivity index (χ1) is 4.91. The summed E-state index contributed by atoms with van der Waals surface area (Å²) in [5.74, 6) is 0.546. The molecule has 0 aromatic rings. The molecule has 3 heteroatoms. The van der Waals surface area contributed by atoms with Crippen molar-refractivity contribution in [3.63, 3.8) is 0 Å². The monoisotopic (exact) mass is 165 g/mol. The highest BCUT2D eigenvalue weighted by molar-refractivity contribution is 6.18. The fourth-order valence-corrected chi connectivity index (χ4v) is 0.650. The predicted molar refractivity (Wildman–Crippen MR) is 43.3 cm³/mol. The van der Waals surface area contributed by atoms with Crippen molar-refractivity contribution in [2.45, 2.75) is 6.42 Å². The van der Waals surface area contributed by atoms with Crippen molar-refractivity contribution in [1.29, 1.82) is 0 Å². The smallest absolute Gasteiger partial charge is 0.0906 e. The van der Waals surface area contributed by atoms with Crippen LogP contribution < -0.4 is 5.32 Å². The van der Waals surface area contributed by atoms with Gasteiger partial charge < -0.3 is 5.32 Å². The number of alkyl halides is 2. The van der Waals surface area contributed by atoms with E-state index in [1.165, 1.54) is 0 Å². The van der Waals surface area contributed by atoms with E-state index in [0.717, 1.165) is 13.1 Å². The number of halogens is 2. The van der Waals surface area contributed by atoms with Gasteiger partial charge in [-0.25, -0.2) is 0 Å². The maximum atomic E-state index is 11.5. The lowest BCUT2D eigenvalue weighted by molar-refractivity contribution is 0.464. The zero-order valence-electron chi connectivity index (χ0n) is 5.95. The SMILES string of the molecule is FCCCNC/C=C/CCl. The third-order valence-corrected chi connectivity index (χ3v) is 1.18. The van der Waals surface area contributed by atoms with Crippen LogP contribution in [0, 0.1) is 0 Å². The highest BCUT2D eigenvalue weighted by atomic mass is 35.5. The van der Waals surface area contributed by atoms with Crippen molar-refractivity contribution in [2.24, 2.45) is 0 Å². The predicted octanol–water partition coefficient (Wildman–Crippen LogP) is 1.73. The van der Waals surface area contributed by atoms with Gasteiger partial charge in [-0.15, -0.1) is 11.6 Å². The van der Waals surface area contributed by atoms with E-state index in [4.69, 9.17) is 11.6 Å². The topological polar surface area (TPSA) is 12.0 Å². The molecule has 0 aliphatic rings. The van der Waals surface area contributed by atoms with Gasteiger partial charge in [0.05, 0.1) is 6.67 Å². The van der Waals surface area contributed by atoms with Gasteiger partial charge in [0, 0.05) is 12.4 Å². The Morgan fingerprint density at radius 1 is 1.40 bits per heavy atom. The van der Waals surface area contributed by atoms with Crippen LogP contribution in [-0.4, -0.2) is 25.6 Å². The molecule has 0 amide bonds.